The summed E-state index contributed by atoms with van der Waals surface area (Å²) in [6.07, 6.45) is 0.968. The molecule has 0 N–H and O–H groups in total. The molecular weight excluding hydrogens is 248 g/mol. The molecule has 0 radical (unpaired) electrons. The van der Waals surface area contributed by atoms with E-state index in [1.54, 1.807) is 20.8 Å². The van der Waals surface area contributed by atoms with Crippen molar-refractivity contribution in [1.82, 2.24) is 0 Å². The van der Waals surface area contributed by atoms with E-state index in [4.69, 9.17) is 0 Å². The number of rotatable bonds is 2. The summed E-state index contributed by atoms with van der Waals surface area (Å²) in [5.74, 6) is 0.397. The molecule has 0 unspecified atom stereocenters. The fraction of sp³-hybridized carbons (Fsp3) is 1.00. The van der Waals surface area contributed by atoms with Crippen molar-refractivity contribution in [2.45, 2.75) is 38.4 Å². The SMILES string of the molecule is CC(C)(C)S(=O)(=O)CC1CCS(=O)(=O)CC1. The first kappa shape index (κ1) is 14.0. The second kappa shape index (κ2) is 4.29. The largest absolute Gasteiger partial charge is 0.229 e. The Bertz CT molecular complexity index is 426. The Morgan fingerprint density at radius 3 is 1.94 bits per heavy atom. The zero-order chi connectivity index (χ0) is 12.6. The summed E-state index contributed by atoms with van der Waals surface area (Å²) in [7, 11) is -6.03. The summed E-state index contributed by atoms with van der Waals surface area (Å²) >= 11 is 0. The molecule has 1 rings (SSSR count). The minimum absolute atomic E-state index is 0.00718. The molecule has 0 aliphatic carbocycles. The van der Waals surface area contributed by atoms with E-state index in [2.05, 4.69) is 0 Å². The van der Waals surface area contributed by atoms with Crippen LogP contribution in [0.1, 0.15) is 33.6 Å². The molecule has 0 saturated carbocycles. The summed E-state index contributed by atoms with van der Waals surface area (Å²) in [4.78, 5) is 0. The molecule has 0 aromatic carbocycles. The molecule has 1 aliphatic rings. The van der Waals surface area contributed by atoms with Crippen molar-refractivity contribution in [2.24, 2.45) is 5.92 Å². The first-order valence-corrected chi connectivity index (χ1v) is 8.94. The quantitative estimate of drug-likeness (QED) is 0.750. The number of sulfone groups is 2. The Morgan fingerprint density at radius 2 is 1.56 bits per heavy atom. The molecule has 1 saturated heterocycles. The van der Waals surface area contributed by atoms with Crippen molar-refractivity contribution in [3.8, 4) is 0 Å². The van der Waals surface area contributed by atoms with Crippen LogP contribution in [0.15, 0.2) is 0 Å². The molecule has 0 amide bonds. The maximum atomic E-state index is 11.9. The first-order chi connectivity index (χ1) is 7.04. The van der Waals surface area contributed by atoms with Gasteiger partial charge in [0.05, 0.1) is 22.0 Å². The van der Waals surface area contributed by atoms with Crippen LogP contribution in [-0.2, 0) is 19.7 Å². The van der Waals surface area contributed by atoms with E-state index in [1.807, 2.05) is 0 Å². The van der Waals surface area contributed by atoms with Gasteiger partial charge < -0.3 is 0 Å². The number of hydrogen-bond donors (Lipinski definition) is 0. The van der Waals surface area contributed by atoms with E-state index in [0.29, 0.717) is 12.8 Å². The highest BCUT2D eigenvalue weighted by atomic mass is 32.2. The Morgan fingerprint density at radius 1 is 1.12 bits per heavy atom. The molecule has 96 valence electrons. The van der Waals surface area contributed by atoms with E-state index in [0.717, 1.165) is 0 Å². The monoisotopic (exact) mass is 268 g/mol. The van der Waals surface area contributed by atoms with E-state index in [-0.39, 0.29) is 23.2 Å². The molecule has 1 fully saturated rings. The molecule has 0 aromatic heterocycles. The minimum atomic E-state index is -3.13. The van der Waals surface area contributed by atoms with Gasteiger partial charge in [0, 0.05) is 0 Å². The lowest BCUT2D eigenvalue weighted by atomic mass is 10.1. The molecule has 1 heterocycles. The van der Waals surface area contributed by atoms with Crippen molar-refractivity contribution in [3.63, 3.8) is 0 Å². The fourth-order valence-electron chi connectivity index (χ4n) is 1.67. The predicted molar refractivity (Wildman–Crippen MR) is 64.9 cm³/mol. The van der Waals surface area contributed by atoms with Crippen LogP contribution in [0.5, 0.6) is 0 Å². The Labute approximate surface area is 98.3 Å². The van der Waals surface area contributed by atoms with Gasteiger partial charge in [0.25, 0.3) is 0 Å². The fourth-order valence-corrected chi connectivity index (χ4v) is 4.71. The summed E-state index contributed by atoms with van der Waals surface area (Å²) in [5, 5.41) is 0. The van der Waals surface area contributed by atoms with Crippen LogP contribution in [0.3, 0.4) is 0 Å². The zero-order valence-electron chi connectivity index (χ0n) is 10.1. The lowest BCUT2D eigenvalue weighted by Crippen LogP contribution is -2.36. The lowest BCUT2D eigenvalue weighted by molar-refractivity contribution is 0.484. The van der Waals surface area contributed by atoms with E-state index >= 15 is 0 Å². The van der Waals surface area contributed by atoms with E-state index in [1.165, 1.54) is 0 Å². The van der Waals surface area contributed by atoms with Crippen molar-refractivity contribution < 1.29 is 16.8 Å². The van der Waals surface area contributed by atoms with Gasteiger partial charge in [-0.2, -0.15) is 0 Å². The van der Waals surface area contributed by atoms with Crippen molar-refractivity contribution in [2.75, 3.05) is 17.3 Å². The summed E-state index contributed by atoms with van der Waals surface area (Å²) in [5.41, 5.74) is 0. The van der Waals surface area contributed by atoms with Gasteiger partial charge in [-0.1, -0.05) is 0 Å². The average Bonchev–Trinajstić information content (AvgIpc) is 2.06. The maximum absolute atomic E-state index is 11.9. The summed E-state index contributed by atoms with van der Waals surface area (Å²) in [6, 6.07) is 0. The normalized spacial score (nSPS) is 23.2. The molecule has 0 atom stereocenters. The van der Waals surface area contributed by atoms with Crippen LogP contribution >= 0.6 is 0 Å². The average molecular weight is 268 g/mol. The van der Waals surface area contributed by atoms with Crippen molar-refractivity contribution in [3.05, 3.63) is 0 Å². The smallest absolute Gasteiger partial charge is 0.155 e. The Balaban J connectivity index is 2.65. The van der Waals surface area contributed by atoms with Crippen LogP contribution < -0.4 is 0 Å². The van der Waals surface area contributed by atoms with Gasteiger partial charge in [-0.05, 0) is 39.5 Å². The van der Waals surface area contributed by atoms with Gasteiger partial charge in [0.15, 0.2) is 9.84 Å². The van der Waals surface area contributed by atoms with Crippen LogP contribution in [0, 0.1) is 5.92 Å². The van der Waals surface area contributed by atoms with Crippen LogP contribution in [0.4, 0.5) is 0 Å². The van der Waals surface area contributed by atoms with Crippen LogP contribution in [0.2, 0.25) is 0 Å². The van der Waals surface area contributed by atoms with Gasteiger partial charge in [0.2, 0.25) is 0 Å². The minimum Gasteiger partial charge on any atom is -0.229 e. The summed E-state index contributed by atoms with van der Waals surface area (Å²) < 4.78 is 45.5. The molecule has 1 aliphatic heterocycles. The first-order valence-electron chi connectivity index (χ1n) is 5.46. The standard InChI is InChI=1S/C10H20O4S2/c1-10(2,3)16(13,14)8-9-4-6-15(11,12)7-5-9/h9H,4-8H2,1-3H3. The molecule has 16 heavy (non-hydrogen) atoms. The molecule has 6 heteroatoms. The van der Waals surface area contributed by atoms with Crippen LogP contribution in [-0.4, -0.2) is 38.8 Å². The molecule has 4 nitrogen and oxygen atoms in total. The highest BCUT2D eigenvalue weighted by Gasteiger charge is 2.34. The summed E-state index contributed by atoms with van der Waals surface area (Å²) in [6.45, 7) is 5.05. The van der Waals surface area contributed by atoms with E-state index < -0.39 is 24.4 Å². The topological polar surface area (TPSA) is 68.3 Å². The van der Waals surface area contributed by atoms with Crippen LogP contribution in [0.25, 0.3) is 0 Å². The molecular formula is C10H20O4S2. The van der Waals surface area contributed by atoms with Crippen molar-refractivity contribution >= 4 is 19.7 Å². The predicted octanol–water partition coefficient (Wildman–Crippen LogP) is 1.02. The maximum Gasteiger partial charge on any atom is 0.155 e. The third-order valence-electron chi connectivity index (χ3n) is 3.06. The highest BCUT2D eigenvalue weighted by molar-refractivity contribution is 7.92. The number of hydrogen-bond acceptors (Lipinski definition) is 4. The van der Waals surface area contributed by atoms with Gasteiger partial charge in [0.1, 0.15) is 9.84 Å². The Kier molecular flexibility index (Phi) is 3.75. The zero-order valence-corrected chi connectivity index (χ0v) is 11.7. The molecule has 0 aromatic rings. The van der Waals surface area contributed by atoms with Gasteiger partial charge in [-0.25, -0.2) is 16.8 Å². The second-order valence-electron chi connectivity index (χ2n) is 5.49. The van der Waals surface area contributed by atoms with Crippen molar-refractivity contribution in [1.29, 1.82) is 0 Å². The van der Waals surface area contributed by atoms with Gasteiger partial charge in [-0.15, -0.1) is 0 Å². The van der Waals surface area contributed by atoms with E-state index in [9.17, 15) is 16.8 Å². The third-order valence-corrected chi connectivity index (χ3v) is 7.55. The second-order valence-corrected chi connectivity index (χ2v) is 10.6. The van der Waals surface area contributed by atoms with Gasteiger partial charge in [-0.3, -0.25) is 0 Å². The Hall–Kier alpha value is -0.100. The highest BCUT2D eigenvalue weighted by Crippen LogP contribution is 2.25. The lowest BCUT2D eigenvalue weighted by Gasteiger charge is -2.26. The molecule has 0 bridgehead atoms. The molecule has 0 spiro atoms. The van der Waals surface area contributed by atoms with Gasteiger partial charge >= 0.3 is 0 Å². The third kappa shape index (κ3) is 3.45.